The van der Waals surface area contributed by atoms with Gasteiger partial charge in [-0.3, -0.25) is 0 Å². The van der Waals surface area contributed by atoms with Crippen LogP contribution in [-0.4, -0.2) is 51.7 Å². The lowest BCUT2D eigenvalue weighted by atomic mass is 10.2. The molecule has 0 saturated carbocycles. The van der Waals surface area contributed by atoms with E-state index in [1.165, 1.54) is 17.8 Å². The zero-order valence-corrected chi connectivity index (χ0v) is 11.9. The Morgan fingerprint density at radius 2 is 1.67 bits per heavy atom. The fourth-order valence-corrected chi connectivity index (χ4v) is 2.45. The predicted molar refractivity (Wildman–Crippen MR) is 79.7 cm³/mol. The Bertz CT molecular complexity index is 353. The van der Waals surface area contributed by atoms with Gasteiger partial charge in [0.05, 0.1) is 0 Å². The zero-order valence-electron chi connectivity index (χ0n) is 11.9. The molecule has 0 amide bonds. The summed E-state index contributed by atoms with van der Waals surface area (Å²) in [5.74, 6) is 0. The van der Waals surface area contributed by atoms with E-state index in [1.807, 2.05) is 0 Å². The fourth-order valence-electron chi connectivity index (χ4n) is 2.45. The van der Waals surface area contributed by atoms with Crippen LogP contribution in [0.15, 0.2) is 24.3 Å². The van der Waals surface area contributed by atoms with Crippen LogP contribution in [0.5, 0.6) is 0 Å². The van der Waals surface area contributed by atoms with E-state index in [2.05, 4.69) is 60.0 Å². The predicted octanol–water partition coefficient (Wildman–Crippen LogP) is 2.28. The van der Waals surface area contributed by atoms with E-state index in [4.69, 9.17) is 0 Å². The van der Waals surface area contributed by atoms with Gasteiger partial charge in [0.25, 0.3) is 0 Å². The normalized spacial score (nSPS) is 16.9. The van der Waals surface area contributed by atoms with Crippen molar-refractivity contribution in [2.24, 2.45) is 0 Å². The van der Waals surface area contributed by atoms with Crippen molar-refractivity contribution in [3.63, 3.8) is 0 Å². The topological polar surface area (TPSA) is 9.72 Å². The molecule has 1 aromatic carbocycles. The number of likely N-dealkylation sites (N-methyl/N-ethyl adjacent to an activating group) is 1. The summed E-state index contributed by atoms with van der Waals surface area (Å²) in [6.07, 6.45) is 1.19. The van der Waals surface area contributed by atoms with Crippen LogP contribution in [0.4, 0.5) is 11.4 Å². The van der Waals surface area contributed by atoms with Crippen LogP contribution in [0.3, 0.4) is 0 Å². The molecule has 0 radical (unpaired) electrons. The van der Waals surface area contributed by atoms with Gasteiger partial charge in [0, 0.05) is 51.1 Å². The van der Waals surface area contributed by atoms with Gasteiger partial charge >= 0.3 is 0 Å². The summed E-state index contributed by atoms with van der Waals surface area (Å²) < 4.78 is 0. The van der Waals surface area contributed by atoms with E-state index < -0.39 is 0 Å². The molecule has 18 heavy (non-hydrogen) atoms. The summed E-state index contributed by atoms with van der Waals surface area (Å²) >= 11 is 0. The van der Waals surface area contributed by atoms with Crippen molar-refractivity contribution < 1.29 is 0 Å². The number of anilines is 2. The van der Waals surface area contributed by atoms with Crippen molar-refractivity contribution in [2.45, 2.75) is 13.3 Å². The van der Waals surface area contributed by atoms with Crippen molar-refractivity contribution in [1.29, 1.82) is 0 Å². The maximum atomic E-state index is 2.48. The van der Waals surface area contributed by atoms with Crippen LogP contribution < -0.4 is 9.80 Å². The second-order valence-corrected chi connectivity index (χ2v) is 5.23. The first-order valence-electron chi connectivity index (χ1n) is 6.95. The Morgan fingerprint density at radius 3 is 2.22 bits per heavy atom. The highest BCUT2D eigenvalue weighted by Gasteiger charge is 2.14. The standard InChI is InChI=1S/C15H25N3/c1-4-9-17(3)14-5-7-15(8-6-14)18-12-10-16(2)11-13-18/h5-8H,4,9-13H2,1-3H3. The van der Waals surface area contributed by atoms with Crippen molar-refractivity contribution in [3.8, 4) is 0 Å². The van der Waals surface area contributed by atoms with Crippen molar-refractivity contribution in [1.82, 2.24) is 4.90 Å². The van der Waals surface area contributed by atoms with Gasteiger partial charge in [-0.25, -0.2) is 0 Å². The van der Waals surface area contributed by atoms with Crippen molar-refractivity contribution >= 4 is 11.4 Å². The lowest BCUT2D eigenvalue weighted by Crippen LogP contribution is -2.44. The van der Waals surface area contributed by atoms with Gasteiger partial charge in [-0.05, 0) is 37.7 Å². The number of piperazine rings is 1. The SMILES string of the molecule is CCCN(C)c1ccc(N2CCN(C)CC2)cc1. The third-order valence-electron chi connectivity index (χ3n) is 3.72. The lowest BCUT2D eigenvalue weighted by molar-refractivity contribution is 0.313. The minimum absolute atomic E-state index is 1.12. The van der Waals surface area contributed by atoms with E-state index in [1.54, 1.807) is 0 Å². The molecule has 1 saturated heterocycles. The van der Waals surface area contributed by atoms with Gasteiger partial charge in [-0.2, -0.15) is 0 Å². The highest BCUT2D eigenvalue weighted by Crippen LogP contribution is 2.21. The van der Waals surface area contributed by atoms with Gasteiger partial charge in [0.15, 0.2) is 0 Å². The molecular formula is C15H25N3. The van der Waals surface area contributed by atoms with E-state index in [-0.39, 0.29) is 0 Å². The second kappa shape index (κ2) is 6.10. The molecule has 0 spiro atoms. The van der Waals surface area contributed by atoms with E-state index in [0.29, 0.717) is 0 Å². The zero-order chi connectivity index (χ0) is 13.0. The molecule has 3 heteroatoms. The average Bonchev–Trinajstić information content (AvgIpc) is 2.40. The Kier molecular flexibility index (Phi) is 4.48. The van der Waals surface area contributed by atoms with E-state index in [0.717, 1.165) is 32.7 Å². The molecule has 1 aliphatic rings. The molecule has 1 aromatic rings. The molecule has 0 aromatic heterocycles. The molecule has 2 rings (SSSR count). The van der Waals surface area contributed by atoms with Gasteiger partial charge in [0.1, 0.15) is 0 Å². The maximum Gasteiger partial charge on any atom is 0.0368 e. The maximum absolute atomic E-state index is 2.48. The first-order chi connectivity index (χ1) is 8.70. The summed E-state index contributed by atoms with van der Waals surface area (Å²) in [5, 5.41) is 0. The molecule has 1 aliphatic heterocycles. The Labute approximate surface area is 111 Å². The van der Waals surface area contributed by atoms with Crippen LogP contribution >= 0.6 is 0 Å². The van der Waals surface area contributed by atoms with Crippen molar-refractivity contribution in [3.05, 3.63) is 24.3 Å². The highest BCUT2D eigenvalue weighted by atomic mass is 15.2. The molecule has 0 N–H and O–H groups in total. The van der Waals surface area contributed by atoms with Gasteiger partial charge in [0.2, 0.25) is 0 Å². The first kappa shape index (κ1) is 13.2. The highest BCUT2D eigenvalue weighted by molar-refractivity contribution is 5.56. The smallest absolute Gasteiger partial charge is 0.0368 e. The Hall–Kier alpha value is -1.22. The monoisotopic (exact) mass is 247 g/mol. The van der Waals surface area contributed by atoms with Gasteiger partial charge < -0.3 is 14.7 Å². The number of benzene rings is 1. The number of nitrogens with zero attached hydrogens (tertiary/aromatic N) is 3. The molecular weight excluding hydrogens is 222 g/mol. The molecule has 1 heterocycles. The summed E-state index contributed by atoms with van der Waals surface area (Å²) in [6, 6.07) is 8.99. The quantitative estimate of drug-likeness (QED) is 0.808. The molecule has 3 nitrogen and oxygen atoms in total. The van der Waals surface area contributed by atoms with Gasteiger partial charge in [-0.1, -0.05) is 6.92 Å². The lowest BCUT2D eigenvalue weighted by Gasteiger charge is -2.34. The van der Waals surface area contributed by atoms with Crippen LogP contribution in [0.25, 0.3) is 0 Å². The summed E-state index contributed by atoms with van der Waals surface area (Å²) in [7, 11) is 4.36. The van der Waals surface area contributed by atoms with Crippen LogP contribution in [-0.2, 0) is 0 Å². The van der Waals surface area contributed by atoms with Gasteiger partial charge in [-0.15, -0.1) is 0 Å². The molecule has 0 aliphatic carbocycles. The minimum atomic E-state index is 1.12. The number of hydrogen-bond acceptors (Lipinski definition) is 3. The third-order valence-corrected chi connectivity index (χ3v) is 3.72. The molecule has 1 fully saturated rings. The number of hydrogen-bond donors (Lipinski definition) is 0. The van der Waals surface area contributed by atoms with Crippen LogP contribution in [0.1, 0.15) is 13.3 Å². The molecule has 100 valence electrons. The summed E-state index contributed by atoms with van der Waals surface area (Å²) in [5.41, 5.74) is 2.67. The average molecular weight is 247 g/mol. The van der Waals surface area contributed by atoms with E-state index >= 15 is 0 Å². The molecule has 0 atom stereocenters. The first-order valence-corrected chi connectivity index (χ1v) is 6.95. The second-order valence-electron chi connectivity index (χ2n) is 5.23. The largest absolute Gasteiger partial charge is 0.375 e. The fraction of sp³-hybridized carbons (Fsp3) is 0.600. The Balaban J connectivity index is 1.99. The molecule has 0 bridgehead atoms. The Morgan fingerprint density at radius 1 is 1.06 bits per heavy atom. The van der Waals surface area contributed by atoms with Crippen molar-refractivity contribution in [2.75, 3.05) is 56.6 Å². The third kappa shape index (κ3) is 3.16. The van der Waals surface area contributed by atoms with Crippen LogP contribution in [0.2, 0.25) is 0 Å². The van der Waals surface area contributed by atoms with E-state index in [9.17, 15) is 0 Å². The summed E-state index contributed by atoms with van der Waals surface area (Å²) in [4.78, 5) is 7.18. The molecule has 0 unspecified atom stereocenters. The number of rotatable bonds is 4. The summed E-state index contributed by atoms with van der Waals surface area (Å²) in [6.45, 7) is 7.94. The minimum Gasteiger partial charge on any atom is -0.375 e. The van der Waals surface area contributed by atoms with Crippen LogP contribution in [0, 0.1) is 0 Å².